The Hall–Kier alpha value is -1.33. The van der Waals surface area contributed by atoms with Crippen LogP contribution in [0.25, 0.3) is 0 Å². The molecule has 0 bridgehead atoms. The van der Waals surface area contributed by atoms with E-state index in [9.17, 15) is 0 Å². The molecule has 1 aromatic heterocycles. The first kappa shape index (κ1) is 13.7. The van der Waals surface area contributed by atoms with Crippen LogP contribution in [0.2, 0.25) is 0 Å². The van der Waals surface area contributed by atoms with Crippen molar-refractivity contribution in [1.82, 2.24) is 4.98 Å². The van der Waals surface area contributed by atoms with Crippen molar-refractivity contribution in [3.63, 3.8) is 0 Å². The quantitative estimate of drug-likeness (QED) is 0.637. The molecule has 17 heavy (non-hydrogen) atoms. The number of hydrogen-bond acceptors (Lipinski definition) is 5. The Labute approximate surface area is 102 Å². The normalized spacial score (nSPS) is 10.2. The van der Waals surface area contributed by atoms with Crippen LogP contribution in [0.1, 0.15) is 13.3 Å². The first-order valence-electron chi connectivity index (χ1n) is 5.88. The molecular formula is C12H20N2O3. The molecule has 0 spiro atoms. The summed E-state index contributed by atoms with van der Waals surface area (Å²) in [6, 6.07) is 3.73. The van der Waals surface area contributed by atoms with Crippen LogP contribution in [-0.4, -0.2) is 43.1 Å². The molecule has 0 aliphatic carbocycles. The minimum atomic E-state index is 0.0500. The smallest absolute Gasteiger partial charge is 0.168 e. The van der Waals surface area contributed by atoms with Gasteiger partial charge in [-0.2, -0.15) is 0 Å². The van der Waals surface area contributed by atoms with Gasteiger partial charge in [-0.1, -0.05) is 6.92 Å². The second-order valence-corrected chi connectivity index (χ2v) is 3.46. The number of aliphatic hydroxyl groups excluding tert-OH is 1. The molecule has 0 atom stereocenters. The Bertz CT molecular complexity index is 308. The molecule has 1 aromatic rings. The molecule has 0 saturated heterocycles. The number of aliphatic hydroxyl groups is 1. The molecule has 0 saturated carbocycles. The maximum atomic E-state index is 8.55. The van der Waals surface area contributed by atoms with E-state index < -0.39 is 0 Å². The highest BCUT2D eigenvalue weighted by Crippen LogP contribution is 2.20. The van der Waals surface area contributed by atoms with Gasteiger partial charge < -0.3 is 19.9 Å². The topological polar surface area (TPSA) is 63.6 Å². The lowest BCUT2D eigenvalue weighted by Crippen LogP contribution is -2.13. The number of aromatic nitrogens is 1. The van der Waals surface area contributed by atoms with E-state index in [2.05, 4.69) is 17.2 Å². The van der Waals surface area contributed by atoms with Gasteiger partial charge in [-0.25, -0.2) is 4.98 Å². The lowest BCUT2D eigenvalue weighted by Gasteiger charge is -2.11. The number of ether oxygens (including phenoxy) is 2. The molecule has 0 amide bonds. The molecule has 0 fully saturated rings. The average molecular weight is 240 g/mol. The zero-order valence-electron chi connectivity index (χ0n) is 10.2. The van der Waals surface area contributed by atoms with Gasteiger partial charge in [0, 0.05) is 12.7 Å². The van der Waals surface area contributed by atoms with E-state index in [1.807, 2.05) is 12.1 Å². The number of pyridine rings is 1. The van der Waals surface area contributed by atoms with Crippen molar-refractivity contribution in [2.24, 2.45) is 0 Å². The first-order valence-corrected chi connectivity index (χ1v) is 5.88. The van der Waals surface area contributed by atoms with Gasteiger partial charge in [0.05, 0.1) is 26.4 Å². The third-order valence-corrected chi connectivity index (χ3v) is 2.01. The summed E-state index contributed by atoms with van der Waals surface area (Å²) >= 11 is 0. The lowest BCUT2D eigenvalue weighted by atomic mass is 10.4. The monoisotopic (exact) mass is 240 g/mol. The van der Waals surface area contributed by atoms with Crippen LogP contribution in [0.3, 0.4) is 0 Å². The minimum Gasteiger partial charge on any atom is -0.490 e. The van der Waals surface area contributed by atoms with Crippen LogP contribution in [0.15, 0.2) is 18.3 Å². The minimum absolute atomic E-state index is 0.0500. The zero-order valence-corrected chi connectivity index (χ0v) is 10.2. The maximum Gasteiger partial charge on any atom is 0.168 e. The molecule has 0 radical (unpaired) electrons. The van der Waals surface area contributed by atoms with E-state index in [1.165, 1.54) is 0 Å². The number of rotatable bonds is 9. The van der Waals surface area contributed by atoms with Crippen molar-refractivity contribution >= 4 is 5.82 Å². The fraction of sp³-hybridized carbons (Fsp3) is 0.583. The number of anilines is 1. The Morgan fingerprint density at radius 1 is 1.35 bits per heavy atom. The molecule has 0 aromatic carbocycles. The van der Waals surface area contributed by atoms with E-state index in [1.54, 1.807) is 6.20 Å². The first-order chi connectivity index (χ1) is 8.38. The predicted octanol–water partition coefficient (Wildman–Crippen LogP) is 1.29. The molecule has 1 heterocycles. The van der Waals surface area contributed by atoms with Crippen LogP contribution in [0.4, 0.5) is 5.82 Å². The van der Waals surface area contributed by atoms with Crippen molar-refractivity contribution in [3.05, 3.63) is 18.3 Å². The average Bonchev–Trinajstić information content (AvgIpc) is 2.37. The number of nitrogens with zero attached hydrogens (tertiary/aromatic N) is 1. The molecule has 2 N–H and O–H groups in total. The van der Waals surface area contributed by atoms with Gasteiger partial charge in [0.15, 0.2) is 11.6 Å². The summed E-state index contributed by atoms with van der Waals surface area (Å²) in [6.45, 7) is 4.33. The zero-order chi connectivity index (χ0) is 12.3. The van der Waals surface area contributed by atoms with Gasteiger partial charge >= 0.3 is 0 Å². The van der Waals surface area contributed by atoms with Gasteiger partial charge in [0.25, 0.3) is 0 Å². The van der Waals surface area contributed by atoms with Crippen molar-refractivity contribution in [1.29, 1.82) is 0 Å². The van der Waals surface area contributed by atoms with E-state index in [-0.39, 0.29) is 6.61 Å². The van der Waals surface area contributed by atoms with Crippen LogP contribution >= 0.6 is 0 Å². The number of hydrogen-bond donors (Lipinski definition) is 2. The third kappa shape index (κ3) is 5.51. The standard InChI is InChI=1S/C12H20N2O3/c1-2-8-17-11-4-3-5-13-12(11)14-6-9-16-10-7-15/h3-5,15H,2,6-10H2,1H3,(H,13,14). The molecular weight excluding hydrogens is 220 g/mol. The molecule has 5 nitrogen and oxygen atoms in total. The third-order valence-electron chi connectivity index (χ3n) is 2.01. The second kappa shape index (κ2) is 8.78. The van der Waals surface area contributed by atoms with E-state index in [0.717, 1.165) is 18.0 Å². The summed E-state index contributed by atoms with van der Waals surface area (Å²) in [6.07, 6.45) is 2.68. The Morgan fingerprint density at radius 3 is 3.00 bits per heavy atom. The Morgan fingerprint density at radius 2 is 2.24 bits per heavy atom. The second-order valence-electron chi connectivity index (χ2n) is 3.46. The van der Waals surface area contributed by atoms with E-state index in [4.69, 9.17) is 14.6 Å². The highest BCUT2D eigenvalue weighted by Gasteiger charge is 2.02. The molecule has 1 rings (SSSR count). The fourth-order valence-electron chi connectivity index (χ4n) is 1.26. The summed E-state index contributed by atoms with van der Waals surface area (Å²) in [5.41, 5.74) is 0. The molecule has 0 unspecified atom stereocenters. The van der Waals surface area contributed by atoms with Gasteiger partial charge in [-0.3, -0.25) is 0 Å². The maximum absolute atomic E-state index is 8.55. The highest BCUT2D eigenvalue weighted by atomic mass is 16.5. The predicted molar refractivity (Wildman–Crippen MR) is 66.4 cm³/mol. The van der Waals surface area contributed by atoms with Crippen LogP contribution < -0.4 is 10.1 Å². The highest BCUT2D eigenvalue weighted by molar-refractivity contribution is 5.49. The lowest BCUT2D eigenvalue weighted by molar-refractivity contribution is 0.0991. The molecule has 0 aliphatic heterocycles. The van der Waals surface area contributed by atoms with Crippen molar-refractivity contribution < 1.29 is 14.6 Å². The van der Waals surface area contributed by atoms with Crippen molar-refractivity contribution in [3.8, 4) is 5.75 Å². The summed E-state index contributed by atoms with van der Waals surface area (Å²) < 4.78 is 10.7. The van der Waals surface area contributed by atoms with Gasteiger partial charge in [0.1, 0.15) is 0 Å². The fourth-order valence-corrected chi connectivity index (χ4v) is 1.26. The molecule has 5 heteroatoms. The van der Waals surface area contributed by atoms with Gasteiger partial charge in [-0.05, 0) is 18.6 Å². The van der Waals surface area contributed by atoms with Crippen LogP contribution in [0, 0.1) is 0 Å². The van der Waals surface area contributed by atoms with E-state index >= 15 is 0 Å². The summed E-state index contributed by atoms with van der Waals surface area (Å²) in [4.78, 5) is 4.21. The Kier molecular flexibility index (Phi) is 7.09. The summed E-state index contributed by atoms with van der Waals surface area (Å²) in [7, 11) is 0. The van der Waals surface area contributed by atoms with Crippen molar-refractivity contribution in [2.45, 2.75) is 13.3 Å². The molecule has 0 aliphatic rings. The van der Waals surface area contributed by atoms with Crippen molar-refractivity contribution in [2.75, 3.05) is 38.3 Å². The van der Waals surface area contributed by atoms with Gasteiger partial charge in [-0.15, -0.1) is 0 Å². The van der Waals surface area contributed by atoms with Crippen LogP contribution in [0.5, 0.6) is 5.75 Å². The van der Waals surface area contributed by atoms with Crippen LogP contribution in [-0.2, 0) is 4.74 Å². The number of nitrogens with one attached hydrogen (secondary N) is 1. The summed E-state index contributed by atoms with van der Waals surface area (Å²) in [5, 5.41) is 11.7. The molecule has 96 valence electrons. The largest absolute Gasteiger partial charge is 0.490 e. The van der Waals surface area contributed by atoms with Gasteiger partial charge in [0.2, 0.25) is 0 Å². The SMILES string of the molecule is CCCOc1cccnc1NCCOCCO. The Balaban J connectivity index is 2.35. The summed E-state index contributed by atoms with van der Waals surface area (Å²) in [5.74, 6) is 1.49. The van der Waals surface area contributed by atoms with E-state index in [0.29, 0.717) is 26.4 Å².